The molecule has 1 rings (SSSR count). The van der Waals surface area contributed by atoms with Crippen molar-refractivity contribution in [2.75, 3.05) is 11.9 Å². The Kier molecular flexibility index (Phi) is 5.72. The van der Waals surface area contributed by atoms with E-state index < -0.39 is 50.3 Å². The van der Waals surface area contributed by atoms with Gasteiger partial charge in [0.05, 0.1) is 5.56 Å². The van der Waals surface area contributed by atoms with E-state index in [1.807, 2.05) is 0 Å². The largest absolute Gasteiger partial charge is 0.534 e. The van der Waals surface area contributed by atoms with E-state index in [1.54, 1.807) is 0 Å². The Hall–Kier alpha value is -2.31. The third-order valence-electron chi connectivity index (χ3n) is 2.57. The SMILES string of the molecule is C=CCNc1nc(OS(=O)(=O)C(F)(F)F)cc(C(F)(F)F)c1C(C)=N. The van der Waals surface area contributed by atoms with Crippen molar-refractivity contribution in [1.82, 2.24) is 4.98 Å². The smallest absolute Gasteiger partial charge is 0.366 e. The Bertz CT molecular complexity index is 787. The molecule has 1 heterocycles. The first-order valence-corrected chi connectivity index (χ1v) is 7.65. The van der Waals surface area contributed by atoms with E-state index in [1.165, 1.54) is 6.08 Å². The number of aromatic nitrogens is 1. The molecular formula is C12H11F6N3O3S. The van der Waals surface area contributed by atoms with Gasteiger partial charge in [-0.25, -0.2) is 0 Å². The van der Waals surface area contributed by atoms with Gasteiger partial charge in [0.2, 0.25) is 5.88 Å². The molecule has 2 N–H and O–H groups in total. The van der Waals surface area contributed by atoms with Gasteiger partial charge in [0, 0.05) is 23.9 Å². The highest BCUT2D eigenvalue weighted by Crippen LogP contribution is 2.38. The average Bonchev–Trinajstić information content (AvgIpc) is 2.41. The minimum atomic E-state index is -6.21. The number of rotatable bonds is 6. The summed E-state index contributed by atoms with van der Waals surface area (Å²) in [5.41, 5.74) is -8.78. The lowest BCUT2D eigenvalue weighted by Gasteiger charge is -2.18. The summed E-state index contributed by atoms with van der Waals surface area (Å²) in [6, 6.07) is -0.0181. The fourth-order valence-electron chi connectivity index (χ4n) is 1.62. The lowest BCUT2D eigenvalue weighted by molar-refractivity contribution is -0.137. The second-order valence-corrected chi connectivity index (χ2v) is 6.05. The molecule has 0 unspecified atom stereocenters. The van der Waals surface area contributed by atoms with E-state index >= 15 is 0 Å². The summed E-state index contributed by atoms with van der Waals surface area (Å²) < 4.78 is 102. The van der Waals surface area contributed by atoms with Crippen molar-refractivity contribution in [2.24, 2.45) is 0 Å². The normalized spacial score (nSPS) is 12.6. The topological polar surface area (TPSA) is 92.1 Å². The van der Waals surface area contributed by atoms with Crippen molar-refractivity contribution in [1.29, 1.82) is 5.41 Å². The molecule has 1 aromatic heterocycles. The molecular weight excluding hydrogens is 380 g/mol. The quantitative estimate of drug-likeness (QED) is 0.255. The van der Waals surface area contributed by atoms with Crippen LogP contribution in [0.2, 0.25) is 0 Å². The van der Waals surface area contributed by atoms with Crippen LogP contribution in [0.3, 0.4) is 0 Å². The highest BCUT2D eigenvalue weighted by molar-refractivity contribution is 7.87. The highest BCUT2D eigenvalue weighted by Gasteiger charge is 2.49. The molecule has 0 aliphatic rings. The summed E-state index contributed by atoms with van der Waals surface area (Å²) in [5, 5.41) is 9.73. The maximum absolute atomic E-state index is 13.2. The fourth-order valence-corrected chi connectivity index (χ4v) is 2.03. The van der Waals surface area contributed by atoms with Gasteiger partial charge in [-0.3, -0.25) is 0 Å². The van der Waals surface area contributed by atoms with E-state index in [9.17, 15) is 34.8 Å². The number of hydrogen-bond acceptors (Lipinski definition) is 6. The van der Waals surface area contributed by atoms with Crippen LogP contribution in [-0.4, -0.2) is 31.2 Å². The summed E-state index contributed by atoms with van der Waals surface area (Å²) in [7, 11) is -6.21. The van der Waals surface area contributed by atoms with Crippen LogP contribution < -0.4 is 9.50 Å². The molecule has 0 aliphatic heterocycles. The maximum atomic E-state index is 13.2. The number of alkyl halides is 6. The molecule has 0 spiro atoms. The molecule has 0 radical (unpaired) electrons. The van der Waals surface area contributed by atoms with E-state index in [2.05, 4.69) is 21.1 Å². The molecule has 0 saturated carbocycles. The van der Waals surface area contributed by atoms with Crippen LogP contribution in [0.15, 0.2) is 18.7 Å². The second-order valence-electron chi connectivity index (χ2n) is 4.51. The van der Waals surface area contributed by atoms with Crippen LogP contribution in [0.5, 0.6) is 5.88 Å². The summed E-state index contributed by atoms with van der Waals surface area (Å²) >= 11 is 0. The van der Waals surface area contributed by atoms with Gasteiger partial charge in [0.15, 0.2) is 0 Å². The Morgan fingerprint density at radius 3 is 2.32 bits per heavy atom. The van der Waals surface area contributed by atoms with Crippen molar-refractivity contribution in [2.45, 2.75) is 18.6 Å². The number of halogens is 6. The van der Waals surface area contributed by atoms with Crippen LogP contribution >= 0.6 is 0 Å². The van der Waals surface area contributed by atoms with Crippen molar-refractivity contribution in [3.8, 4) is 5.88 Å². The first-order valence-electron chi connectivity index (χ1n) is 6.24. The summed E-state index contributed by atoms with van der Waals surface area (Å²) in [6.07, 6.45) is -3.90. The van der Waals surface area contributed by atoms with Gasteiger partial charge in [-0.1, -0.05) is 6.08 Å². The van der Waals surface area contributed by atoms with Crippen LogP contribution in [0.25, 0.3) is 0 Å². The summed E-state index contributed by atoms with van der Waals surface area (Å²) in [6.45, 7) is 4.14. The Morgan fingerprint density at radius 2 is 1.92 bits per heavy atom. The summed E-state index contributed by atoms with van der Waals surface area (Å²) in [5.74, 6) is -2.11. The van der Waals surface area contributed by atoms with E-state index in [4.69, 9.17) is 5.41 Å². The molecule has 0 aliphatic carbocycles. The van der Waals surface area contributed by atoms with Gasteiger partial charge in [-0.15, -0.1) is 6.58 Å². The van der Waals surface area contributed by atoms with Gasteiger partial charge < -0.3 is 14.9 Å². The van der Waals surface area contributed by atoms with E-state index in [-0.39, 0.29) is 12.6 Å². The maximum Gasteiger partial charge on any atom is 0.534 e. The number of nitrogens with one attached hydrogen (secondary N) is 2. The van der Waals surface area contributed by atoms with Crippen molar-refractivity contribution in [3.05, 3.63) is 29.8 Å². The first-order chi connectivity index (χ1) is 11.2. The molecule has 13 heteroatoms. The molecule has 0 atom stereocenters. The fraction of sp³-hybridized carbons (Fsp3) is 0.333. The Morgan fingerprint density at radius 1 is 1.36 bits per heavy atom. The van der Waals surface area contributed by atoms with Crippen LogP contribution in [0.1, 0.15) is 18.1 Å². The molecule has 0 amide bonds. The zero-order valence-corrected chi connectivity index (χ0v) is 13.2. The van der Waals surface area contributed by atoms with Crippen LogP contribution in [-0.2, 0) is 16.3 Å². The molecule has 140 valence electrons. The zero-order valence-electron chi connectivity index (χ0n) is 12.4. The standard InChI is InChI=1S/C12H11F6N3O3S/c1-3-4-20-10-9(6(2)19)7(11(13,14)15)5-8(21-10)24-25(22,23)12(16,17)18/h3,5,19H,1,4H2,2H3,(H,20,21). The molecule has 6 nitrogen and oxygen atoms in total. The van der Waals surface area contributed by atoms with Gasteiger partial charge in [0.25, 0.3) is 0 Å². The van der Waals surface area contributed by atoms with E-state index in [0.29, 0.717) is 0 Å². The second kappa shape index (κ2) is 6.90. The minimum absolute atomic E-state index is 0.0181. The Labute approximate surface area is 138 Å². The predicted octanol–water partition coefficient (Wildman–Crippen LogP) is 3.31. The number of anilines is 1. The third kappa shape index (κ3) is 4.84. The number of pyridine rings is 1. The number of hydrogen-bond donors (Lipinski definition) is 2. The predicted molar refractivity (Wildman–Crippen MR) is 76.0 cm³/mol. The lowest BCUT2D eigenvalue weighted by atomic mass is 10.0. The monoisotopic (exact) mass is 391 g/mol. The molecule has 0 fully saturated rings. The van der Waals surface area contributed by atoms with Crippen LogP contribution in [0, 0.1) is 5.41 Å². The van der Waals surface area contributed by atoms with Crippen LogP contribution in [0.4, 0.5) is 32.2 Å². The summed E-state index contributed by atoms with van der Waals surface area (Å²) in [4.78, 5) is 3.30. The van der Waals surface area contributed by atoms with E-state index in [0.717, 1.165) is 6.92 Å². The molecule has 25 heavy (non-hydrogen) atoms. The van der Waals surface area contributed by atoms with Crippen molar-refractivity contribution in [3.63, 3.8) is 0 Å². The van der Waals surface area contributed by atoms with Gasteiger partial charge >= 0.3 is 21.8 Å². The zero-order chi connectivity index (χ0) is 19.6. The van der Waals surface area contributed by atoms with Crippen molar-refractivity contribution >= 4 is 21.6 Å². The molecule has 0 aromatic carbocycles. The highest BCUT2D eigenvalue weighted by atomic mass is 32.2. The van der Waals surface area contributed by atoms with Gasteiger partial charge in [-0.2, -0.15) is 39.7 Å². The number of nitrogens with zero attached hydrogens (tertiary/aromatic N) is 1. The van der Waals surface area contributed by atoms with Crippen molar-refractivity contribution < 1.29 is 38.9 Å². The molecule has 0 saturated heterocycles. The first kappa shape index (κ1) is 20.7. The molecule has 0 bridgehead atoms. The lowest BCUT2D eigenvalue weighted by Crippen LogP contribution is -2.29. The third-order valence-corrected chi connectivity index (χ3v) is 3.53. The van der Waals surface area contributed by atoms with Gasteiger partial charge in [-0.05, 0) is 6.92 Å². The minimum Gasteiger partial charge on any atom is -0.366 e. The Balaban J connectivity index is 3.62. The van der Waals surface area contributed by atoms with Gasteiger partial charge in [0.1, 0.15) is 5.82 Å². The molecule has 1 aromatic rings. The average molecular weight is 391 g/mol.